The molecule has 0 atom stereocenters. The molecule has 0 saturated heterocycles. The van der Waals surface area contributed by atoms with E-state index in [1.807, 2.05) is 0 Å². The Labute approximate surface area is 365 Å². The van der Waals surface area contributed by atoms with E-state index in [4.69, 9.17) is 0 Å². The zero-order valence-electron chi connectivity index (χ0n) is 34.7. The van der Waals surface area contributed by atoms with Gasteiger partial charge in [0.25, 0.3) is 0 Å². The lowest BCUT2D eigenvalue weighted by atomic mass is 9.66. The molecule has 0 saturated carbocycles. The monoisotopic (exact) mass is 788 g/mol. The number of rotatable bonds is 8. The molecule has 10 aromatic rings. The van der Waals surface area contributed by atoms with Gasteiger partial charge in [-0.1, -0.05) is 224 Å². The second-order valence-electron chi connectivity index (χ2n) is 16.4. The van der Waals surface area contributed by atoms with Crippen LogP contribution in [0.5, 0.6) is 0 Å². The molecular weight excluding hydrogens is 745 g/mol. The van der Waals surface area contributed by atoms with E-state index < -0.39 is 5.41 Å². The molecule has 0 bridgehead atoms. The minimum Gasteiger partial charge on any atom is -0.0622 e. The predicted molar refractivity (Wildman–Crippen MR) is 261 cm³/mol. The Morgan fingerprint density at radius 3 is 1.13 bits per heavy atom. The average molecular weight is 789 g/mol. The van der Waals surface area contributed by atoms with Crippen LogP contribution >= 0.6 is 0 Å². The van der Waals surface area contributed by atoms with E-state index in [9.17, 15) is 0 Å². The maximum Gasteiger partial charge on any atom is 0.0714 e. The molecule has 292 valence electrons. The van der Waals surface area contributed by atoms with E-state index in [2.05, 4.69) is 256 Å². The van der Waals surface area contributed by atoms with Crippen molar-refractivity contribution in [2.75, 3.05) is 0 Å². The molecule has 0 unspecified atom stereocenters. The standard InChI is InChI=1S/C62H44/c1-43-19-13-37-58-60(43)61-57(56-35-12-11-34-55(56)46-24-9-4-10-25-46)36-18-38-59(61)62(58,53-32-16-30-51(41-53)49-28-14-26-47(39-49)44-20-5-2-6-21-44)54-33-17-31-52(42-54)50-29-15-27-48(40-50)45-22-7-3-8-23-45/h2-42H,1H3. The highest BCUT2D eigenvalue weighted by Crippen LogP contribution is 2.60. The highest BCUT2D eigenvalue weighted by molar-refractivity contribution is 6.00. The van der Waals surface area contributed by atoms with Gasteiger partial charge in [-0.2, -0.15) is 0 Å². The van der Waals surface area contributed by atoms with Crippen molar-refractivity contribution >= 4 is 0 Å². The lowest BCUT2D eigenvalue weighted by molar-refractivity contribution is 0.769. The molecular formula is C62H44. The molecule has 0 radical (unpaired) electrons. The van der Waals surface area contributed by atoms with Gasteiger partial charge in [0.1, 0.15) is 0 Å². The summed E-state index contributed by atoms with van der Waals surface area (Å²) in [6.45, 7) is 2.29. The Morgan fingerprint density at radius 2 is 0.597 bits per heavy atom. The molecule has 0 fully saturated rings. The maximum atomic E-state index is 2.46. The minimum atomic E-state index is -0.630. The molecule has 62 heavy (non-hydrogen) atoms. The number of hydrogen-bond acceptors (Lipinski definition) is 0. The van der Waals surface area contributed by atoms with Gasteiger partial charge in [0.05, 0.1) is 5.41 Å². The summed E-state index contributed by atoms with van der Waals surface area (Å²) in [5.74, 6) is 0. The molecule has 0 heterocycles. The molecule has 0 heteroatoms. The van der Waals surface area contributed by atoms with Crippen LogP contribution in [-0.4, -0.2) is 0 Å². The maximum absolute atomic E-state index is 2.46. The predicted octanol–water partition coefficient (Wildman–Crippen LogP) is 16.4. The van der Waals surface area contributed by atoms with Gasteiger partial charge in [0, 0.05) is 0 Å². The molecule has 10 aromatic carbocycles. The Balaban J connectivity index is 1.18. The fourth-order valence-corrected chi connectivity index (χ4v) is 10.1. The zero-order chi connectivity index (χ0) is 41.5. The lowest BCUT2D eigenvalue weighted by Gasteiger charge is -2.35. The van der Waals surface area contributed by atoms with Crippen LogP contribution in [-0.2, 0) is 5.41 Å². The van der Waals surface area contributed by atoms with Crippen molar-refractivity contribution < 1.29 is 0 Å². The first-order valence-electron chi connectivity index (χ1n) is 21.6. The first-order valence-corrected chi connectivity index (χ1v) is 21.6. The summed E-state index contributed by atoms with van der Waals surface area (Å²) in [4.78, 5) is 0. The summed E-state index contributed by atoms with van der Waals surface area (Å²) in [6, 6.07) is 91.7. The zero-order valence-corrected chi connectivity index (χ0v) is 34.7. The SMILES string of the molecule is Cc1cccc2c1-c1c(-c3ccccc3-c3ccccc3)cccc1C2(c1cccc(-c2cccc(-c3ccccc3)c2)c1)c1cccc(-c2cccc(-c3ccccc3)c2)c1. The molecule has 0 nitrogen and oxygen atoms in total. The second kappa shape index (κ2) is 15.7. The molecule has 0 amide bonds. The van der Waals surface area contributed by atoms with Crippen molar-refractivity contribution in [2.45, 2.75) is 12.3 Å². The summed E-state index contributed by atoms with van der Waals surface area (Å²) in [5, 5.41) is 0. The first kappa shape index (κ1) is 37.2. The van der Waals surface area contributed by atoms with Gasteiger partial charge < -0.3 is 0 Å². The molecule has 1 aliphatic carbocycles. The van der Waals surface area contributed by atoms with Gasteiger partial charge in [-0.15, -0.1) is 0 Å². The number of fused-ring (bicyclic) bond motifs is 3. The number of hydrogen-bond donors (Lipinski definition) is 0. The van der Waals surface area contributed by atoms with E-state index in [1.54, 1.807) is 0 Å². The van der Waals surface area contributed by atoms with Crippen LogP contribution in [0.15, 0.2) is 249 Å². The van der Waals surface area contributed by atoms with E-state index in [-0.39, 0.29) is 0 Å². The topological polar surface area (TPSA) is 0 Å². The lowest BCUT2D eigenvalue weighted by Crippen LogP contribution is -2.28. The Hall–Kier alpha value is -7.80. The van der Waals surface area contributed by atoms with Crippen molar-refractivity contribution in [3.63, 3.8) is 0 Å². The van der Waals surface area contributed by atoms with Gasteiger partial charge in [0.15, 0.2) is 0 Å². The highest BCUT2D eigenvalue weighted by atomic mass is 14.5. The van der Waals surface area contributed by atoms with Crippen LogP contribution < -0.4 is 0 Å². The summed E-state index contributed by atoms with van der Waals surface area (Å²) < 4.78 is 0. The van der Waals surface area contributed by atoms with Gasteiger partial charge in [-0.25, -0.2) is 0 Å². The van der Waals surface area contributed by atoms with Gasteiger partial charge in [-0.3, -0.25) is 0 Å². The van der Waals surface area contributed by atoms with Crippen LogP contribution in [0.4, 0.5) is 0 Å². The fraction of sp³-hybridized carbons (Fsp3) is 0.0323. The summed E-state index contributed by atoms with van der Waals surface area (Å²) in [6.07, 6.45) is 0. The van der Waals surface area contributed by atoms with Gasteiger partial charge in [-0.05, 0) is 137 Å². The fourth-order valence-electron chi connectivity index (χ4n) is 10.1. The quantitative estimate of drug-likeness (QED) is 0.144. The third-order valence-corrected chi connectivity index (χ3v) is 12.9. The molecule has 0 spiro atoms. The summed E-state index contributed by atoms with van der Waals surface area (Å²) in [5.41, 5.74) is 22.9. The highest BCUT2D eigenvalue weighted by Gasteiger charge is 2.47. The van der Waals surface area contributed by atoms with Crippen LogP contribution in [0.3, 0.4) is 0 Å². The van der Waals surface area contributed by atoms with E-state index in [1.165, 1.54) is 106 Å². The Bertz CT molecular complexity index is 3100. The van der Waals surface area contributed by atoms with E-state index in [0.29, 0.717) is 0 Å². The smallest absolute Gasteiger partial charge is 0.0622 e. The van der Waals surface area contributed by atoms with Crippen LogP contribution in [0, 0.1) is 6.92 Å². The van der Waals surface area contributed by atoms with Crippen molar-refractivity contribution in [3.05, 3.63) is 277 Å². The van der Waals surface area contributed by atoms with Crippen molar-refractivity contribution in [2.24, 2.45) is 0 Å². The molecule has 0 aromatic heterocycles. The number of aryl methyl sites for hydroxylation is 1. The summed E-state index contributed by atoms with van der Waals surface area (Å²) in [7, 11) is 0. The Kier molecular flexibility index (Phi) is 9.40. The van der Waals surface area contributed by atoms with Crippen molar-refractivity contribution in [1.82, 2.24) is 0 Å². The minimum absolute atomic E-state index is 0.630. The Morgan fingerprint density at radius 1 is 0.242 bits per heavy atom. The van der Waals surface area contributed by atoms with E-state index >= 15 is 0 Å². The average Bonchev–Trinajstić information content (AvgIpc) is 3.67. The molecule has 0 aliphatic heterocycles. The van der Waals surface area contributed by atoms with Crippen molar-refractivity contribution in [3.8, 4) is 77.9 Å². The number of benzene rings is 10. The van der Waals surface area contributed by atoms with Crippen LogP contribution in [0.1, 0.15) is 27.8 Å². The third-order valence-electron chi connectivity index (χ3n) is 12.9. The van der Waals surface area contributed by atoms with E-state index in [0.717, 1.165) is 0 Å². The third kappa shape index (κ3) is 6.32. The second-order valence-corrected chi connectivity index (χ2v) is 16.4. The molecule has 1 aliphatic rings. The van der Waals surface area contributed by atoms with Crippen molar-refractivity contribution in [1.29, 1.82) is 0 Å². The van der Waals surface area contributed by atoms with Gasteiger partial charge in [0.2, 0.25) is 0 Å². The normalized spacial score (nSPS) is 12.4. The molecule has 0 N–H and O–H groups in total. The molecule has 11 rings (SSSR count). The largest absolute Gasteiger partial charge is 0.0714 e. The van der Waals surface area contributed by atoms with Crippen LogP contribution in [0.2, 0.25) is 0 Å². The van der Waals surface area contributed by atoms with Gasteiger partial charge >= 0.3 is 0 Å². The first-order chi connectivity index (χ1) is 30.7. The van der Waals surface area contributed by atoms with Crippen LogP contribution in [0.25, 0.3) is 77.9 Å². The summed E-state index contributed by atoms with van der Waals surface area (Å²) >= 11 is 0.